The van der Waals surface area contributed by atoms with Crippen LogP contribution in [0.1, 0.15) is 6.92 Å². The van der Waals surface area contributed by atoms with Gasteiger partial charge in [0.15, 0.2) is 6.61 Å². The number of ether oxygens (including phenoxy) is 2. The van der Waals surface area contributed by atoms with Gasteiger partial charge in [0, 0.05) is 11.8 Å². The standard InChI is InChI=1S/C12H16N2O4/c1-8(13)12(16)14-9-4-3-5-10(6-9)18-7-11(15)17-2/h3-6,8H,7,13H2,1-2H3,(H,14,16)/t8-/m1/s1. The smallest absolute Gasteiger partial charge is 0.343 e. The second-order valence-electron chi connectivity index (χ2n) is 3.67. The summed E-state index contributed by atoms with van der Waals surface area (Å²) in [6.45, 7) is 1.41. The molecule has 0 saturated heterocycles. The number of hydrogen-bond donors (Lipinski definition) is 2. The fraction of sp³-hybridized carbons (Fsp3) is 0.333. The summed E-state index contributed by atoms with van der Waals surface area (Å²) in [5.74, 6) is -0.303. The van der Waals surface area contributed by atoms with E-state index in [-0.39, 0.29) is 12.5 Å². The van der Waals surface area contributed by atoms with Crippen LogP contribution < -0.4 is 15.8 Å². The summed E-state index contributed by atoms with van der Waals surface area (Å²) in [4.78, 5) is 22.3. The van der Waals surface area contributed by atoms with Crippen LogP contribution in [0.2, 0.25) is 0 Å². The molecule has 0 fully saturated rings. The van der Waals surface area contributed by atoms with Gasteiger partial charge in [-0.15, -0.1) is 0 Å². The van der Waals surface area contributed by atoms with E-state index < -0.39 is 12.0 Å². The highest BCUT2D eigenvalue weighted by molar-refractivity contribution is 5.94. The van der Waals surface area contributed by atoms with E-state index in [2.05, 4.69) is 10.1 Å². The van der Waals surface area contributed by atoms with Crippen molar-refractivity contribution in [3.05, 3.63) is 24.3 Å². The van der Waals surface area contributed by atoms with Crippen LogP contribution in [0.3, 0.4) is 0 Å². The van der Waals surface area contributed by atoms with Gasteiger partial charge in [-0.2, -0.15) is 0 Å². The van der Waals surface area contributed by atoms with Gasteiger partial charge in [0.25, 0.3) is 0 Å². The van der Waals surface area contributed by atoms with Crippen molar-refractivity contribution >= 4 is 17.6 Å². The van der Waals surface area contributed by atoms with Crippen molar-refractivity contribution in [1.29, 1.82) is 0 Å². The van der Waals surface area contributed by atoms with Crippen LogP contribution in [-0.2, 0) is 14.3 Å². The number of rotatable bonds is 5. The molecule has 6 heteroatoms. The first-order chi connectivity index (χ1) is 8.52. The number of anilines is 1. The van der Waals surface area contributed by atoms with E-state index in [1.54, 1.807) is 31.2 Å². The van der Waals surface area contributed by atoms with Gasteiger partial charge in [-0.05, 0) is 19.1 Å². The van der Waals surface area contributed by atoms with E-state index in [1.807, 2.05) is 0 Å². The first-order valence-electron chi connectivity index (χ1n) is 5.39. The number of amides is 1. The summed E-state index contributed by atoms with van der Waals surface area (Å²) in [6.07, 6.45) is 0. The maximum absolute atomic E-state index is 11.4. The molecule has 0 aliphatic rings. The minimum absolute atomic E-state index is 0.179. The molecule has 0 saturated carbocycles. The van der Waals surface area contributed by atoms with Crippen molar-refractivity contribution in [1.82, 2.24) is 0 Å². The number of carbonyl (C=O) groups is 2. The lowest BCUT2D eigenvalue weighted by atomic mass is 10.2. The first-order valence-corrected chi connectivity index (χ1v) is 5.39. The molecule has 0 spiro atoms. The normalized spacial score (nSPS) is 11.5. The summed E-state index contributed by atoms with van der Waals surface area (Å²) in [5, 5.41) is 2.62. The van der Waals surface area contributed by atoms with Gasteiger partial charge in [-0.25, -0.2) is 4.79 Å². The molecule has 1 rings (SSSR count). The van der Waals surface area contributed by atoms with Crippen molar-refractivity contribution in [3.63, 3.8) is 0 Å². The Morgan fingerprint density at radius 2 is 2.17 bits per heavy atom. The zero-order chi connectivity index (χ0) is 13.5. The average Bonchev–Trinajstić information content (AvgIpc) is 2.36. The van der Waals surface area contributed by atoms with Gasteiger partial charge in [0.05, 0.1) is 13.2 Å². The molecular weight excluding hydrogens is 236 g/mol. The highest BCUT2D eigenvalue weighted by Crippen LogP contribution is 2.17. The van der Waals surface area contributed by atoms with Crippen LogP contribution in [0, 0.1) is 0 Å². The van der Waals surface area contributed by atoms with Crippen molar-refractivity contribution in [2.75, 3.05) is 19.0 Å². The zero-order valence-corrected chi connectivity index (χ0v) is 10.3. The van der Waals surface area contributed by atoms with Crippen LogP contribution in [0.5, 0.6) is 5.75 Å². The molecule has 0 bridgehead atoms. The highest BCUT2D eigenvalue weighted by Gasteiger charge is 2.08. The number of nitrogens with one attached hydrogen (secondary N) is 1. The Labute approximate surface area is 105 Å². The van der Waals surface area contributed by atoms with E-state index in [0.29, 0.717) is 11.4 Å². The highest BCUT2D eigenvalue weighted by atomic mass is 16.6. The Morgan fingerprint density at radius 1 is 1.44 bits per heavy atom. The third-order valence-electron chi connectivity index (χ3n) is 2.10. The second kappa shape index (κ2) is 6.61. The lowest BCUT2D eigenvalue weighted by Gasteiger charge is -2.09. The Balaban J connectivity index is 2.62. The maximum Gasteiger partial charge on any atom is 0.343 e. The molecule has 0 aliphatic carbocycles. The van der Waals surface area contributed by atoms with E-state index in [9.17, 15) is 9.59 Å². The predicted octanol–water partition coefficient (Wildman–Crippen LogP) is 0.524. The van der Waals surface area contributed by atoms with Crippen molar-refractivity contribution in [2.24, 2.45) is 5.73 Å². The molecule has 0 radical (unpaired) electrons. The fourth-order valence-corrected chi connectivity index (χ4v) is 1.12. The number of methoxy groups -OCH3 is 1. The summed E-state index contributed by atoms with van der Waals surface area (Å²) >= 11 is 0. The lowest BCUT2D eigenvalue weighted by Crippen LogP contribution is -2.32. The monoisotopic (exact) mass is 252 g/mol. The van der Waals surface area contributed by atoms with E-state index in [0.717, 1.165) is 0 Å². The van der Waals surface area contributed by atoms with Crippen molar-refractivity contribution in [2.45, 2.75) is 13.0 Å². The molecule has 0 aliphatic heterocycles. The molecule has 98 valence electrons. The van der Waals surface area contributed by atoms with E-state index >= 15 is 0 Å². The molecular formula is C12H16N2O4. The summed E-state index contributed by atoms with van der Waals surface area (Å²) < 4.78 is 9.63. The SMILES string of the molecule is COC(=O)COc1cccc(NC(=O)[C@@H](C)N)c1. The Kier molecular flexibility index (Phi) is 5.13. The van der Waals surface area contributed by atoms with Crippen molar-refractivity contribution in [3.8, 4) is 5.75 Å². The van der Waals surface area contributed by atoms with Gasteiger partial charge in [0.1, 0.15) is 5.75 Å². The fourth-order valence-electron chi connectivity index (χ4n) is 1.12. The number of carbonyl (C=O) groups excluding carboxylic acids is 2. The predicted molar refractivity (Wildman–Crippen MR) is 66.2 cm³/mol. The maximum atomic E-state index is 11.4. The van der Waals surface area contributed by atoms with Crippen LogP contribution in [0.25, 0.3) is 0 Å². The summed E-state index contributed by atoms with van der Waals surface area (Å²) in [6, 6.07) is 6.08. The molecule has 3 N–H and O–H groups in total. The van der Waals surface area contributed by atoms with Crippen molar-refractivity contribution < 1.29 is 19.1 Å². The largest absolute Gasteiger partial charge is 0.482 e. The number of nitrogens with two attached hydrogens (primary N) is 1. The molecule has 0 unspecified atom stereocenters. The van der Waals surface area contributed by atoms with Gasteiger partial charge in [0.2, 0.25) is 5.91 Å². The molecule has 1 aromatic carbocycles. The molecule has 1 atom stereocenters. The van der Waals surface area contributed by atoms with Gasteiger partial charge >= 0.3 is 5.97 Å². The van der Waals surface area contributed by atoms with Gasteiger partial charge in [-0.1, -0.05) is 6.07 Å². The van der Waals surface area contributed by atoms with E-state index in [4.69, 9.17) is 10.5 Å². The second-order valence-corrected chi connectivity index (χ2v) is 3.67. The summed E-state index contributed by atoms with van der Waals surface area (Å²) in [5.41, 5.74) is 5.99. The summed E-state index contributed by atoms with van der Waals surface area (Å²) in [7, 11) is 1.28. The number of esters is 1. The van der Waals surface area contributed by atoms with E-state index in [1.165, 1.54) is 7.11 Å². The Morgan fingerprint density at radius 3 is 2.78 bits per heavy atom. The minimum atomic E-state index is -0.593. The Bertz CT molecular complexity index is 432. The quantitative estimate of drug-likeness (QED) is 0.746. The zero-order valence-electron chi connectivity index (χ0n) is 10.3. The molecule has 18 heavy (non-hydrogen) atoms. The molecule has 6 nitrogen and oxygen atoms in total. The topological polar surface area (TPSA) is 90.6 Å². The third-order valence-corrected chi connectivity index (χ3v) is 2.10. The minimum Gasteiger partial charge on any atom is -0.482 e. The molecule has 1 aromatic rings. The molecule has 1 amide bonds. The van der Waals surface area contributed by atoms with Crippen LogP contribution in [0.15, 0.2) is 24.3 Å². The number of benzene rings is 1. The average molecular weight is 252 g/mol. The first kappa shape index (κ1) is 14.0. The van der Waals surface area contributed by atoms with Crippen LogP contribution in [0.4, 0.5) is 5.69 Å². The molecule has 0 heterocycles. The van der Waals surface area contributed by atoms with Gasteiger partial charge < -0.3 is 20.5 Å². The van der Waals surface area contributed by atoms with Crippen LogP contribution >= 0.6 is 0 Å². The van der Waals surface area contributed by atoms with Gasteiger partial charge in [-0.3, -0.25) is 4.79 Å². The molecule has 0 aromatic heterocycles. The Hall–Kier alpha value is -2.08. The van der Waals surface area contributed by atoms with Crippen LogP contribution in [-0.4, -0.2) is 31.6 Å². The third kappa shape index (κ3) is 4.42. The number of hydrogen-bond acceptors (Lipinski definition) is 5. The lowest BCUT2D eigenvalue weighted by molar-refractivity contribution is -0.142.